The third-order valence-electron chi connectivity index (χ3n) is 8.56. The predicted octanol–water partition coefficient (Wildman–Crippen LogP) is 6.57. The van der Waals surface area contributed by atoms with E-state index in [-0.39, 0.29) is 48.8 Å². The molecule has 47 heavy (non-hydrogen) atoms. The molecule has 9 nitrogen and oxygen atoms in total. The number of carboxylic acids is 1. The molecular weight excluding hydrogens is 615 g/mol. The standard InChI is InChI=1S/C35H36F3N3O6/c1-39-25-8-11-28-29(21-41(30(28)19-25)20-24-4-9-26(45-2)10-5-24)34(44,35(36,37)38)22-40-16-14-27(15-17-40)47-31-12-6-23(7-13-33(42)43)18-32(31)46-3/h4-6,8-12,18-19,21,27,44H,7,13-17,20,22H2,2-3H3,(H,42,43). The van der Waals surface area contributed by atoms with E-state index >= 15 is 0 Å². The second-order valence-electron chi connectivity index (χ2n) is 11.7. The van der Waals surface area contributed by atoms with Crippen LogP contribution in [0.1, 0.15) is 36.0 Å². The van der Waals surface area contributed by atoms with E-state index < -0.39 is 24.3 Å². The van der Waals surface area contributed by atoms with E-state index in [2.05, 4.69) is 4.85 Å². The topological polar surface area (TPSA) is 97.8 Å². The van der Waals surface area contributed by atoms with E-state index in [1.165, 1.54) is 25.4 Å². The highest BCUT2D eigenvalue weighted by atomic mass is 19.4. The maximum absolute atomic E-state index is 14.9. The third kappa shape index (κ3) is 7.48. The third-order valence-corrected chi connectivity index (χ3v) is 8.56. The summed E-state index contributed by atoms with van der Waals surface area (Å²) in [5.74, 6) is 0.671. The van der Waals surface area contributed by atoms with Gasteiger partial charge in [-0.15, -0.1) is 0 Å². The zero-order valence-corrected chi connectivity index (χ0v) is 26.1. The van der Waals surface area contributed by atoms with Crippen molar-refractivity contribution in [2.24, 2.45) is 0 Å². The highest BCUT2D eigenvalue weighted by Gasteiger charge is 2.57. The van der Waals surface area contributed by atoms with Crippen LogP contribution in [0.25, 0.3) is 15.7 Å². The van der Waals surface area contributed by atoms with Crippen molar-refractivity contribution in [3.63, 3.8) is 0 Å². The molecule has 1 aliphatic rings. The second kappa shape index (κ2) is 13.9. The molecule has 1 unspecified atom stereocenters. The first-order valence-electron chi connectivity index (χ1n) is 15.1. The summed E-state index contributed by atoms with van der Waals surface area (Å²) in [5.41, 5.74) is -1.15. The van der Waals surface area contributed by atoms with Gasteiger partial charge >= 0.3 is 12.1 Å². The summed E-state index contributed by atoms with van der Waals surface area (Å²) in [4.78, 5) is 16.0. The van der Waals surface area contributed by atoms with E-state index in [0.29, 0.717) is 42.0 Å². The summed E-state index contributed by atoms with van der Waals surface area (Å²) in [6.07, 6.45) is -2.77. The van der Waals surface area contributed by atoms with Crippen molar-refractivity contribution in [3.8, 4) is 17.2 Å². The fourth-order valence-electron chi connectivity index (χ4n) is 5.97. The fourth-order valence-corrected chi connectivity index (χ4v) is 5.97. The maximum Gasteiger partial charge on any atom is 0.422 e. The zero-order valence-electron chi connectivity index (χ0n) is 26.1. The monoisotopic (exact) mass is 651 g/mol. The number of carboxylic acid groups (broad SMARTS) is 1. The number of piperidine rings is 1. The normalized spacial score (nSPS) is 15.6. The number of rotatable bonds is 12. The molecule has 1 saturated heterocycles. The maximum atomic E-state index is 14.9. The number of methoxy groups -OCH3 is 2. The number of carbonyl (C=O) groups is 1. The number of benzene rings is 3. The molecule has 0 bridgehead atoms. The van der Waals surface area contributed by atoms with Crippen molar-refractivity contribution in [3.05, 3.63) is 95.0 Å². The molecule has 0 radical (unpaired) electrons. The van der Waals surface area contributed by atoms with Crippen molar-refractivity contribution in [1.82, 2.24) is 9.47 Å². The molecule has 0 amide bonds. The van der Waals surface area contributed by atoms with Crippen LogP contribution in [0.15, 0.2) is 66.9 Å². The Morgan fingerprint density at radius 2 is 1.68 bits per heavy atom. The Morgan fingerprint density at radius 3 is 2.30 bits per heavy atom. The molecule has 4 aromatic rings. The van der Waals surface area contributed by atoms with Crippen LogP contribution < -0.4 is 14.2 Å². The average molecular weight is 652 g/mol. The number of ether oxygens (including phenoxy) is 3. The molecule has 248 valence electrons. The van der Waals surface area contributed by atoms with Gasteiger partial charge in [0.05, 0.1) is 20.8 Å². The number of fused-ring (bicyclic) bond motifs is 1. The number of hydrogen-bond donors (Lipinski definition) is 2. The van der Waals surface area contributed by atoms with Gasteiger partial charge in [-0.05, 0) is 60.7 Å². The van der Waals surface area contributed by atoms with Gasteiger partial charge in [-0.3, -0.25) is 9.69 Å². The van der Waals surface area contributed by atoms with Gasteiger partial charge in [-0.25, -0.2) is 4.85 Å². The Hall–Kier alpha value is -4.73. The largest absolute Gasteiger partial charge is 0.497 e. The lowest BCUT2D eigenvalue weighted by atomic mass is 9.91. The summed E-state index contributed by atoms with van der Waals surface area (Å²) < 4.78 is 63.1. The van der Waals surface area contributed by atoms with Crippen LogP contribution in [0.3, 0.4) is 0 Å². The minimum Gasteiger partial charge on any atom is -0.497 e. The summed E-state index contributed by atoms with van der Waals surface area (Å²) >= 11 is 0. The Bertz CT molecular complexity index is 1760. The van der Waals surface area contributed by atoms with Crippen molar-refractivity contribution >= 4 is 22.6 Å². The van der Waals surface area contributed by atoms with Crippen LogP contribution >= 0.6 is 0 Å². The van der Waals surface area contributed by atoms with Gasteiger partial charge in [-0.1, -0.05) is 30.3 Å². The number of nitrogens with zero attached hydrogens (tertiary/aromatic N) is 3. The molecule has 0 saturated carbocycles. The average Bonchev–Trinajstić information content (AvgIpc) is 3.42. The van der Waals surface area contributed by atoms with E-state index in [0.717, 1.165) is 11.1 Å². The number of aliphatic hydroxyl groups is 1. The lowest BCUT2D eigenvalue weighted by Crippen LogP contribution is -2.53. The van der Waals surface area contributed by atoms with Crippen molar-refractivity contribution in [2.75, 3.05) is 33.9 Å². The molecule has 1 aromatic heterocycles. The number of likely N-dealkylation sites (tertiary alicyclic amines) is 1. The molecule has 5 rings (SSSR count). The number of aliphatic carboxylic acids is 1. The quantitative estimate of drug-likeness (QED) is 0.167. The minimum atomic E-state index is -4.99. The van der Waals surface area contributed by atoms with Crippen molar-refractivity contribution in [2.45, 2.75) is 50.1 Å². The summed E-state index contributed by atoms with van der Waals surface area (Å²) in [7, 11) is 3.03. The van der Waals surface area contributed by atoms with Crippen molar-refractivity contribution < 1.29 is 42.4 Å². The SMILES string of the molecule is [C-]#[N+]c1ccc2c(C(O)(CN3CCC(Oc4ccc(CCC(=O)O)cc4OC)CC3)C(F)(F)F)cn(Cc3ccc(OC)cc3)c2c1. The van der Waals surface area contributed by atoms with E-state index in [1.807, 2.05) is 12.1 Å². The molecule has 0 spiro atoms. The Morgan fingerprint density at radius 1 is 0.979 bits per heavy atom. The highest BCUT2D eigenvalue weighted by molar-refractivity contribution is 5.88. The Kier molecular flexibility index (Phi) is 9.98. The lowest BCUT2D eigenvalue weighted by Gasteiger charge is -2.39. The van der Waals surface area contributed by atoms with Crippen LogP contribution in [0, 0.1) is 6.57 Å². The molecule has 2 N–H and O–H groups in total. The molecule has 2 heterocycles. The number of aryl methyl sites for hydroxylation is 1. The lowest BCUT2D eigenvalue weighted by molar-refractivity contribution is -0.272. The first-order chi connectivity index (χ1) is 22.4. The Labute approximate surface area is 270 Å². The number of alkyl halides is 3. The van der Waals surface area contributed by atoms with E-state index in [9.17, 15) is 23.1 Å². The summed E-state index contributed by atoms with van der Waals surface area (Å²) in [6.45, 7) is 7.51. The molecule has 12 heteroatoms. The second-order valence-corrected chi connectivity index (χ2v) is 11.7. The van der Waals surface area contributed by atoms with Gasteiger partial charge in [-0.2, -0.15) is 13.2 Å². The Balaban J connectivity index is 1.35. The van der Waals surface area contributed by atoms with Gasteiger partial charge in [0.1, 0.15) is 11.9 Å². The summed E-state index contributed by atoms with van der Waals surface area (Å²) in [5, 5.41) is 20.8. The number of hydrogen-bond acceptors (Lipinski definition) is 6. The molecular formula is C35H36F3N3O6. The van der Waals surface area contributed by atoms with Crippen LogP contribution in [0.4, 0.5) is 18.9 Å². The predicted molar refractivity (Wildman–Crippen MR) is 169 cm³/mol. The van der Waals surface area contributed by atoms with Gasteiger partial charge in [0.25, 0.3) is 0 Å². The van der Waals surface area contributed by atoms with Crippen LogP contribution in [0.2, 0.25) is 0 Å². The fraction of sp³-hybridized carbons (Fsp3) is 0.371. The van der Waals surface area contributed by atoms with E-state index in [1.54, 1.807) is 53.0 Å². The first-order valence-corrected chi connectivity index (χ1v) is 15.1. The minimum absolute atomic E-state index is 0.0166. The van der Waals surface area contributed by atoms with Gasteiger partial charge in [0.2, 0.25) is 5.60 Å². The molecule has 3 aromatic carbocycles. The van der Waals surface area contributed by atoms with Crippen molar-refractivity contribution in [1.29, 1.82) is 0 Å². The van der Waals surface area contributed by atoms with Gasteiger partial charge < -0.3 is 29.0 Å². The van der Waals surface area contributed by atoms with Gasteiger partial charge in [0, 0.05) is 55.3 Å². The highest BCUT2D eigenvalue weighted by Crippen LogP contribution is 2.44. The molecule has 1 atom stereocenters. The van der Waals surface area contributed by atoms with Crippen LogP contribution in [0.5, 0.6) is 17.2 Å². The van der Waals surface area contributed by atoms with Crippen LogP contribution in [-0.4, -0.2) is 71.8 Å². The summed E-state index contributed by atoms with van der Waals surface area (Å²) in [6, 6.07) is 16.8. The molecule has 1 fully saturated rings. The van der Waals surface area contributed by atoms with Gasteiger partial charge in [0.15, 0.2) is 17.2 Å². The number of β-amino-alcohol motifs (C(OH)–C–C–N with tert-alkyl or cyclic N) is 1. The van der Waals surface area contributed by atoms with E-state index in [4.69, 9.17) is 25.9 Å². The molecule has 1 aliphatic heterocycles. The first kappa shape index (κ1) is 33.6. The smallest absolute Gasteiger partial charge is 0.422 e. The zero-order chi connectivity index (χ0) is 33.8. The number of halogens is 3. The molecule has 0 aliphatic carbocycles. The number of aromatic nitrogens is 1. The van der Waals surface area contributed by atoms with Crippen LogP contribution in [-0.2, 0) is 23.4 Å².